The van der Waals surface area contributed by atoms with Crippen molar-refractivity contribution in [3.05, 3.63) is 42.1 Å². The van der Waals surface area contributed by atoms with Crippen LogP contribution in [0.25, 0.3) is 0 Å². The van der Waals surface area contributed by atoms with E-state index < -0.39 is 5.91 Å². The van der Waals surface area contributed by atoms with Crippen molar-refractivity contribution in [2.75, 3.05) is 28.6 Å². The van der Waals surface area contributed by atoms with Crippen molar-refractivity contribution in [2.45, 2.75) is 26.2 Å². The third kappa shape index (κ3) is 4.11. The summed E-state index contributed by atoms with van der Waals surface area (Å²) in [6, 6.07) is 8.04. The molecule has 0 bridgehead atoms. The summed E-state index contributed by atoms with van der Waals surface area (Å²) in [4.78, 5) is 30.5. The fourth-order valence-corrected chi connectivity index (χ4v) is 2.84. The second-order valence-corrected chi connectivity index (χ2v) is 6.19. The second-order valence-electron chi connectivity index (χ2n) is 6.19. The fraction of sp³-hybridized carbons (Fsp3) is 0.316. The number of benzene rings is 1. The number of hydrogen-bond acceptors (Lipinski definition) is 5. The van der Waals surface area contributed by atoms with E-state index in [1.165, 1.54) is 25.0 Å². The lowest BCUT2D eigenvalue weighted by atomic mass is 10.1. The molecule has 0 saturated carbocycles. The van der Waals surface area contributed by atoms with Gasteiger partial charge in [0.2, 0.25) is 5.91 Å². The van der Waals surface area contributed by atoms with Crippen LogP contribution in [-0.4, -0.2) is 35.0 Å². The van der Waals surface area contributed by atoms with Gasteiger partial charge in [0.25, 0.3) is 5.91 Å². The Morgan fingerprint density at radius 1 is 1.12 bits per heavy atom. The number of carbonyl (C=O) groups excluding carboxylic acids is 2. The molecule has 1 aromatic heterocycles. The number of nitrogens with zero attached hydrogens (tertiary/aromatic N) is 2. The van der Waals surface area contributed by atoms with Crippen LogP contribution in [0, 0.1) is 0 Å². The summed E-state index contributed by atoms with van der Waals surface area (Å²) in [5.41, 5.74) is 1.09. The number of phenols is 1. The first-order valence-corrected chi connectivity index (χ1v) is 8.72. The molecule has 1 aromatic carbocycles. The number of amides is 2. The highest BCUT2D eigenvalue weighted by Crippen LogP contribution is 2.24. The highest BCUT2D eigenvalue weighted by atomic mass is 16.3. The van der Waals surface area contributed by atoms with Crippen LogP contribution in [0.15, 0.2) is 36.5 Å². The van der Waals surface area contributed by atoms with E-state index in [1.54, 1.807) is 25.3 Å². The Balaban J connectivity index is 1.71. The van der Waals surface area contributed by atoms with Crippen molar-refractivity contribution >= 4 is 29.0 Å². The molecule has 2 aromatic rings. The molecule has 0 radical (unpaired) electrons. The van der Waals surface area contributed by atoms with Crippen LogP contribution in [0.3, 0.4) is 0 Å². The average molecular weight is 354 g/mol. The number of phenolic OH excluding ortho intramolecular Hbond substituents is 1. The fourth-order valence-electron chi connectivity index (χ4n) is 2.84. The Morgan fingerprint density at radius 3 is 2.50 bits per heavy atom. The van der Waals surface area contributed by atoms with Crippen molar-refractivity contribution in [3.8, 4) is 5.75 Å². The number of nitrogens with one attached hydrogen (secondary N) is 2. The number of carbonyl (C=O) groups is 2. The van der Waals surface area contributed by atoms with E-state index in [-0.39, 0.29) is 17.2 Å². The monoisotopic (exact) mass is 354 g/mol. The molecule has 2 heterocycles. The van der Waals surface area contributed by atoms with E-state index in [2.05, 4.69) is 20.5 Å². The van der Waals surface area contributed by atoms with Gasteiger partial charge in [0.1, 0.15) is 11.6 Å². The van der Waals surface area contributed by atoms with Crippen LogP contribution >= 0.6 is 0 Å². The number of anilines is 3. The van der Waals surface area contributed by atoms with Crippen LogP contribution in [0.5, 0.6) is 5.75 Å². The van der Waals surface area contributed by atoms with E-state index in [9.17, 15) is 14.7 Å². The number of hydrogen-bond donors (Lipinski definition) is 3. The lowest BCUT2D eigenvalue weighted by molar-refractivity contribution is -0.115. The van der Waals surface area contributed by atoms with Gasteiger partial charge in [0, 0.05) is 25.2 Å². The zero-order chi connectivity index (χ0) is 18.5. The highest BCUT2D eigenvalue weighted by Gasteiger charge is 2.15. The summed E-state index contributed by atoms with van der Waals surface area (Å²) < 4.78 is 0. The van der Waals surface area contributed by atoms with Crippen LogP contribution in [0.2, 0.25) is 0 Å². The van der Waals surface area contributed by atoms with Gasteiger partial charge in [-0.25, -0.2) is 4.98 Å². The molecule has 2 amide bonds. The summed E-state index contributed by atoms with van der Waals surface area (Å²) in [5, 5.41) is 15.4. The van der Waals surface area contributed by atoms with Gasteiger partial charge < -0.3 is 20.6 Å². The molecule has 1 saturated heterocycles. The molecule has 7 nitrogen and oxygen atoms in total. The predicted octanol–water partition coefficient (Wildman–Crippen LogP) is 2.99. The van der Waals surface area contributed by atoms with Gasteiger partial charge in [0.15, 0.2) is 0 Å². The van der Waals surface area contributed by atoms with Crippen LogP contribution < -0.4 is 15.5 Å². The summed E-state index contributed by atoms with van der Waals surface area (Å²) >= 11 is 0. The zero-order valence-electron chi connectivity index (χ0n) is 14.7. The lowest BCUT2D eigenvalue weighted by Crippen LogP contribution is -2.19. The van der Waals surface area contributed by atoms with Crippen LogP contribution in [-0.2, 0) is 4.79 Å². The maximum atomic E-state index is 12.5. The molecular weight excluding hydrogens is 332 g/mol. The SMILES string of the molecule is CCC(=O)Nc1ccc(O)c(C(=O)Nc2ccc(N3CCCC3)nc2)c1. The Kier molecular flexibility index (Phi) is 5.36. The number of aromatic nitrogens is 1. The minimum absolute atomic E-state index is 0.0857. The van der Waals surface area contributed by atoms with E-state index >= 15 is 0 Å². The van der Waals surface area contributed by atoms with Gasteiger partial charge in [-0.05, 0) is 43.2 Å². The molecule has 1 aliphatic heterocycles. The molecule has 0 atom stereocenters. The van der Waals surface area contributed by atoms with Gasteiger partial charge >= 0.3 is 0 Å². The lowest BCUT2D eigenvalue weighted by Gasteiger charge is -2.16. The standard InChI is InChI=1S/C19H22N4O3/c1-2-18(25)21-13-5-7-16(24)15(11-13)19(26)22-14-6-8-17(20-12-14)23-9-3-4-10-23/h5-8,11-12,24H,2-4,9-10H2,1H3,(H,21,25)(H,22,26). The molecule has 0 unspecified atom stereocenters. The number of rotatable bonds is 5. The van der Waals surface area contributed by atoms with Crippen molar-refractivity contribution in [2.24, 2.45) is 0 Å². The first kappa shape index (κ1) is 17.7. The molecule has 3 N–H and O–H groups in total. The molecule has 136 valence electrons. The van der Waals surface area contributed by atoms with Crippen molar-refractivity contribution in [1.29, 1.82) is 0 Å². The minimum atomic E-state index is -0.467. The van der Waals surface area contributed by atoms with Gasteiger partial charge in [-0.1, -0.05) is 6.92 Å². The van der Waals surface area contributed by atoms with Crippen molar-refractivity contribution in [3.63, 3.8) is 0 Å². The third-order valence-corrected chi connectivity index (χ3v) is 4.28. The van der Waals surface area contributed by atoms with Crippen LogP contribution in [0.1, 0.15) is 36.5 Å². The van der Waals surface area contributed by atoms with E-state index in [4.69, 9.17) is 0 Å². The van der Waals surface area contributed by atoms with Gasteiger partial charge in [-0.3, -0.25) is 9.59 Å². The van der Waals surface area contributed by atoms with Crippen LogP contribution in [0.4, 0.5) is 17.2 Å². The molecule has 3 rings (SSSR count). The predicted molar refractivity (Wildman–Crippen MR) is 101 cm³/mol. The first-order chi connectivity index (χ1) is 12.6. The number of aromatic hydroxyl groups is 1. The largest absolute Gasteiger partial charge is 0.507 e. The molecular formula is C19H22N4O3. The van der Waals surface area contributed by atoms with E-state index in [0.29, 0.717) is 17.8 Å². The summed E-state index contributed by atoms with van der Waals surface area (Å²) in [7, 11) is 0. The van der Waals surface area contributed by atoms with E-state index in [1.807, 2.05) is 6.07 Å². The van der Waals surface area contributed by atoms with Gasteiger partial charge in [-0.15, -0.1) is 0 Å². The van der Waals surface area contributed by atoms with E-state index in [0.717, 1.165) is 18.9 Å². The number of pyridine rings is 1. The quantitative estimate of drug-likeness (QED) is 0.718. The van der Waals surface area contributed by atoms with Crippen molar-refractivity contribution in [1.82, 2.24) is 4.98 Å². The first-order valence-electron chi connectivity index (χ1n) is 8.72. The Bertz CT molecular complexity index is 799. The summed E-state index contributed by atoms with van der Waals surface area (Å²) in [5.74, 6) is 0.112. The Hall–Kier alpha value is -3.09. The molecule has 7 heteroatoms. The summed E-state index contributed by atoms with van der Waals surface area (Å²) in [6.45, 7) is 3.74. The average Bonchev–Trinajstić information content (AvgIpc) is 3.18. The van der Waals surface area contributed by atoms with Crippen molar-refractivity contribution < 1.29 is 14.7 Å². The normalized spacial score (nSPS) is 13.5. The minimum Gasteiger partial charge on any atom is -0.507 e. The zero-order valence-corrected chi connectivity index (χ0v) is 14.7. The molecule has 26 heavy (non-hydrogen) atoms. The second kappa shape index (κ2) is 7.86. The molecule has 1 fully saturated rings. The highest BCUT2D eigenvalue weighted by molar-refractivity contribution is 6.07. The maximum absolute atomic E-state index is 12.5. The van der Waals surface area contributed by atoms with Gasteiger partial charge in [-0.2, -0.15) is 0 Å². The summed E-state index contributed by atoms with van der Waals surface area (Å²) in [6.07, 6.45) is 4.28. The maximum Gasteiger partial charge on any atom is 0.259 e. The Labute approximate surface area is 152 Å². The molecule has 0 aliphatic carbocycles. The van der Waals surface area contributed by atoms with Gasteiger partial charge in [0.05, 0.1) is 17.4 Å². The topological polar surface area (TPSA) is 94.6 Å². The molecule has 0 spiro atoms. The smallest absolute Gasteiger partial charge is 0.259 e. The molecule has 1 aliphatic rings. The Morgan fingerprint density at radius 2 is 1.85 bits per heavy atom. The third-order valence-electron chi connectivity index (χ3n) is 4.28.